The Morgan fingerprint density at radius 3 is 2.42 bits per heavy atom. The Kier molecular flexibility index (Phi) is 1.82. The summed E-state index contributed by atoms with van der Waals surface area (Å²) in [7, 11) is 0. The van der Waals surface area contributed by atoms with E-state index in [1.165, 1.54) is 0 Å². The summed E-state index contributed by atoms with van der Waals surface area (Å²) in [5, 5.41) is 21.9. The number of hydrogen-bond acceptors (Lipinski definition) is 3. The molecule has 0 spiro atoms. The highest BCUT2D eigenvalue weighted by Gasteiger charge is 2.09. The quantitative estimate of drug-likeness (QED) is 0.448. The Hall–Kier alpha value is -2.75. The summed E-state index contributed by atoms with van der Waals surface area (Å²) >= 11 is 0. The van der Waals surface area contributed by atoms with Crippen LogP contribution in [0.2, 0.25) is 0 Å². The smallest absolute Gasteiger partial charge is 0.116 e. The first-order valence-electron chi connectivity index (χ1n) is 5.94. The summed E-state index contributed by atoms with van der Waals surface area (Å²) in [6, 6.07) is 10.3. The number of benzene rings is 2. The number of aromatic amines is 1. The molecule has 0 unspecified atom stereocenters. The standard InChI is InChI=1S/C15H10N2O2/c18-8-2-4-14-10(5-8)12-7-16-13-3-1-9(19)6-11(13)15(12)17-14/h1-7,17-19H. The number of phenolic OH excluding ortho intramolecular Hbond substituents is 2. The fourth-order valence-electron chi connectivity index (χ4n) is 2.52. The van der Waals surface area contributed by atoms with E-state index in [-0.39, 0.29) is 11.5 Å². The number of hydrogen-bond donors (Lipinski definition) is 3. The average Bonchev–Trinajstić information content (AvgIpc) is 2.77. The van der Waals surface area contributed by atoms with Crippen LogP contribution >= 0.6 is 0 Å². The molecule has 4 rings (SSSR count). The van der Waals surface area contributed by atoms with Crippen molar-refractivity contribution in [2.45, 2.75) is 0 Å². The van der Waals surface area contributed by atoms with Gasteiger partial charge < -0.3 is 15.2 Å². The first kappa shape index (κ1) is 10.2. The molecule has 0 bridgehead atoms. The second kappa shape index (κ2) is 3.38. The number of rotatable bonds is 0. The Bertz CT molecular complexity index is 941. The maximum absolute atomic E-state index is 9.63. The molecule has 0 radical (unpaired) electrons. The van der Waals surface area contributed by atoms with Gasteiger partial charge in [0.25, 0.3) is 0 Å². The maximum atomic E-state index is 9.63. The third-order valence-electron chi connectivity index (χ3n) is 3.40. The van der Waals surface area contributed by atoms with Crippen LogP contribution in [0.5, 0.6) is 11.5 Å². The van der Waals surface area contributed by atoms with E-state index in [1.807, 2.05) is 6.07 Å². The van der Waals surface area contributed by atoms with Gasteiger partial charge in [-0.1, -0.05) is 0 Å². The summed E-state index contributed by atoms with van der Waals surface area (Å²) < 4.78 is 0. The largest absolute Gasteiger partial charge is 0.508 e. The van der Waals surface area contributed by atoms with Crippen molar-refractivity contribution in [1.29, 1.82) is 0 Å². The SMILES string of the molecule is Oc1ccc2[nH]c3c4cc(O)ccc4ncc3c2c1. The molecule has 2 aromatic heterocycles. The molecule has 0 aliphatic carbocycles. The van der Waals surface area contributed by atoms with Gasteiger partial charge in [-0.2, -0.15) is 0 Å². The second-order valence-electron chi connectivity index (χ2n) is 4.60. The predicted octanol–water partition coefficient (Wildman–Crippen LogP) is 3.28. The minimum Gasteiger partial charge on any atom is -0.508 e. The molecule has 0 saturated heterocycles. The van der Waals surface area contributed by atoms with Gasteiger partial charge >= 0.3 is 0 Å². The highest BCUT2D eigenvalue weighted by molar-refractivity contribution is 6.16. The van der Waals surface area contributed by atoms with Crippen molar-refractivity contribution in [3.63, 3.8) is 0 Å². The highest BCUT2D eigenvalue weighted by atomic mass is 16.3. The fourth-order valence-corrected chi connectivity index (χ4v) is 2.52. The summed E-state index contributed by atoms with van der Waals surface area (Å²) in [5.41, 5.74) is 2.67. The second-order valence-corrected chi connectivity index (χ2v) is 4.60. The molecule has 2 heterocycles. The third-order valence-corrected chi connectivity index (χ3v) is 3.40. The lowest BCUT2D eigenvalue weighted by molar-refractivity contribution is 0.475. The molecule has 0 fully saturated rings. The van der Waals surface area contributed by atoms with E-state index in [4.69, 9.17) is 0 Å². The molecule has 0 aliphatic heterocycles. The number of aromatic nitrogens is 2. The molecule has 3 N–H and O–H groups in total. The number of nitrogens with one attached hydrogen (secondary N) is 1. The van der Waals surface area contributed by atoms with Crippen LogP contribution in [-0.2, 0) is 0 Å². The molecule has 4 aromatic rings. The van der Waals surface area contributed by atoms with Crippen LogP contribution in [0.15, 0.2) is 42.6 Å². The van der Waals surface area contributed by atoms with Gasteiger partial charge in [0.2, 0.25) is 0 Å². The van der Waals surface area contributed by atoms with Crippen LogP contribution in [0.25, 0.3) is 32.7 Å². The minimum atomic E-state index is 0.211. The van der Waals surface area contributed by atoms with Crippen molar-refractivity contribution >= 4 is 32.7 Å². The third kappa shape index (κ3) is 1.37. The summed E-state index contributed by atoms with van der Waals surface area (Å²) in [4.78, 5) is 7.70. The van der Waals surface area contributed by atoms with Crippen molar-refractivity contribution in [2.75, 3.05) is 0 Å². The number of aromatic hydroxyl groups is 2. The van der Waals surface area contributed by atoms with Gasteiger partial charge in [0.1, 0.15) is 11.5 Å². The van der Waals surface area contributed by atoms with Gasteiger partial charge in [-0.3, -0.25) is 4.98 Å². The van der Waals surface area contributed by atoms with E-state index in [1.54, 1.807) is 36.5 Å². The monoisotopic (exact) mass is 250 g/mol. The molecule has 0 amide bonds. The lowest BCUT2D eigenvalue weighted by Gasteiger charge is -1.99. The molecule has 0 aliphatic rings. The van der Waals surface area contributed by atoms with Crippen LogP contribution in [0.4, 0.5) is 0 Å². The topological polar surface area (TPSA) is 69.1 Å². The van der Waals surface area contributed by atoms with Crippen molar-refractivity contribution in [1.82, 2.24) is 9.97 Å². The van der Waals surface area contributed by atoms with Crippen molar-refractivity contribution in [2.24, 2.45) is 0 Å². The first-order chi connectivity index (χ1) is 9.22. The van der Waals surface area contributed by atoms with E-state index in [0.717, 1.165) is 32.7 Å². The minimum absolute atomic E-state index is 0.211. The van der Waals surface area contributed by atoms with Crippen LogP contribution in [0.3, 0.4) is 0 Å². The molecule has 92 valence electrons. The fraction of sp³-hybridized carbons (Fsp3) is 0. The number of H-pyrrole nitrogens is 1. The van der Waals surface area contributed by atoms with Crippen molar-refractivity contribution in [3.8, 4) is 11.5 Å². The normalized spacial score (nSPS) is 11.6. The zero-order valence-corrected chi connectivity index (χ0v) is 9.88. The van der Waals surface area contributed by atoms with Gasteiger partial charge in [0, 0.05) is 27.9 Å². The van der Waals surface area contributed by atoms with Crippen LogP contribution < -0.4 is 0 Å². The van der Waals surface area contributed by atoms with Gasteiger partial charge in [0.05, 0.1) is 11.0 Å². The molecular formula is C15H10N2O2. The van der Waals surface area contributed by atoms with E-state index >= 15 is 0 Å². The molecule has 0 saturated carbocycles. The Balaban J connectivity index is 2.27. The number of fused-ring (bicyclic) bond motifs is 5. The van der Waals surface area contributed by atoms with Gasteiger partial charge in [0.15, 0.2) is 0 Å². The molecular weight excluding hydrogens is 240 g/mol. The molecule has 4 heteroatoms. The molecule has 19 heavy (non-hydrogen) atoms. The van der Waals surface area contributed by atoms with Crippen molar-refractivity contribution < 1.29 is 10.2 Å². The summed E-state index contributed by atoms with van der Waals surface area (Å²) in [6.07, 6.45) is 1.78. The zero-order valence-electron chi connectivity index (χ0n) is 9.88. The van der Waals surface area contributed by atoms with E-state index in [2.05, 4.69) is 9.97 Å². The highest BCUT2D eigenvalue weighted by Crippen LogP contribution is 2.32. The number of nitrogens with zero attached hydrogens (tertiary/aromatic N) is 1. The Morgan fingerprint density at radius 2 is 1.58 bits per heavy atom. The Morgan fingerprint density at radius 1 is 0.842 bits per heavy atom. The molecule has 4 nitrogen and oxygen atoms in total. The first-order valence-corrected chi connectivity index (χ1v) is 5.94. The Labute approximate surface area is 107 Å². The van der Waals surface area contributed by atoms with E-state index in [0.29, 0.717) is 0 Å². The lowest BCUT2D eigenvalue weighted by atomic mass is 10.1. The van der Waals surface area contributed by atoms with Gasteiger partial charge in [-0.15, -0.1) is 0 Å². The molecule has 2 aromatic carbocycles. The van der Waals surface area contributed by atoms with Crippen LogP contribution in [-0.4, -0.2) is 20.2 Å². The van der Waals surface area contributed by atoms with Gasteiger partial charge in [-0.25, -0.2) is 0 Å². The predicted molar refractivity (Wildman–Crippen MR) is 74.4 cm³/mol. The van der Waals surface area contributed by atoms with Crippen molar-refractivity contribution in [3.05, 3.63) is 42.6 Å². The van der Waals surface area contributed by atoms with E-state index in [9.17, 15) is 10.2 Å². The number of pyridine rings is 1. The number of phenols is 2. The molecule has 0 atom stereocenters. The van der Waals surface area contributed by atoms with Crippen LogP contribution in [0.1, 0.15) is 0 Å². The maximum Gasteiger partial charge on any atom is 0.116 e. The summed E-state index contributed by atoms with van der Waals surface area (Å²) in [5.74, 6) is 0.438. The average molecular weight is 250 g/mol. The van der Waals surface area contributed by atoms with Gasteiger partial charge in [-0.05, 0) is 36.4 Å². The summed E-state index contributed by atoms with van der Waals surface area (Å²) in [6.45, 7) is 0. The zero-order chi connectivity index (χ0) is 13.0. The van der Waals surface area contributed by atoms with E-state index < -0.39 is 0 Å². The lowest BCUT2D eigenvalue weighted by Crippen LogP contribution is -1.80. The van der Waals surface area contributed by atoms with Crippen LogP contribution in [0, 0.1) is 0 Å².